The summed E-state index contributed by atoms with van der Waals surface area (Å²) in [7, 11) is 0. The molecule has 1 aliphatic carbocycles. The SMILES string of the molecule is CCCCN(C(=O)C(C)NC(=O)OC(C)(C)C)C(C(=O)NC1CCCCC1)c1ccc(C)cc1. The Hall–Kier alpha value is -2.57. The van der Waals surface area contributed by atoms with E-state index in [9.17, 15) is 14.4 Å². The van der Waals surface area contributed by atoms with E-state index in [4.69, 9.17) is 4.74 Å². The molecule has 2 rings (SSSR count). The first-order chi connectivity index (χ1) is 16.0. The Bertz CT molecular complexity index is 810. The first kappa shape index (κ1) is 27.7. The Morgan fingerprint density at radius 1 is 1.09 bits per heavy atom. The molecule has 1 aliphatic rings. The van der Waals surface area contributed by atoms with Gasteiger partial charge in [0.25, 0.3) is 0 Å². The first-order valence-electron chi connectivity index (χ1n) is 12.7. The van der Waals surface area contributed by atoms with Crippen molar-refractivity contribution in [1.29, 1.82) is 0 Å². The maximum atomic E-state index is 13.6. The normalized spacial score (nSPS) is 16.3. The monoisotopic (exact) mass is 473 g/mol. The molecule has 2 unspecified atom stereocenters. The molecule has 2 atom stereocenters. The highest BCUT2D eigenvalue weighted by molar-refractivity contribution is 5.92. The largest absolute Gasteiger partial charge is 0.444 e. The number of benzene rings is 1. The lowest BCUT2D eigenvalue weighted by Crippen LogP contribution is -2.53. The third-order valence-electron chi connectivity index (χ3n) is 6.04. The summed E-state index contributed by atoms with van der Waals surface area (Å²) in [4.78, 5) is 41.1. The van der Waals surface area contributed by atoms with Crippen LogP contribution >= 0.6 is 0 Å². The number of hydrogen-bond donors (Lipinski definition) is 2. The van der Waals surface area contributed by atoms with Crippen LogP contribution in [0.1, 0.15) is 96.7 Å². The third-order valence-corrected chi connectivity index (χ3v) is 6.04. The third kappa shape index (κ3) is 8.65. The molecular weight excluding hydrogens is 430 g/mol. The van der Waals surface area contributed by atoms with Gasteiger partial charge in [-0.3, -0.25) is 9.59 Å². The van der Waals surface area contributed by atoms with E-state index >= 15 is 0 Å². The van der Waals surface area contributed by atoms with Gasteiger partial charge in [-0.05, 0) is 59.4 Å². The Kier molecular flexibility index (Phi) is 10.4. The molecule has 0 radical (unpaired) electrons. The summed E-state index contributed by atoms with van der Waals surface area (Å²) in [6.07, 6.45) is 6.32. The summed E-state index contributed by atoms with van der Waals surface area (Å²) in [6.45, 7) is 11.4. The Labute approximate surface area is 205 Å². The van der Waals surface area contributed by atoms with Crippen molar-refractivity contribution in [3.63, 3.8) is 0 Å². The van der Waals surface area contributed by atoms with Gasteiger partial charge in [0.15, 0.2) is 0 Å². The zero-order valence-corrected chi connectivity index (χ0v) is 21.8. The van der Waals surface area contributed by atoms with Crippen molar-refractivity contribution in [1.82, 2.24) is 15.5 Å². The van der Waals surface area contributed by atoms with Crippen LogP contribution in [0, 0.1) is 6.92 Å². The number of hydrogen-bond acceptors (Lipinski definition) is 4. The summed E-state index contributed by atoms with van der Waals surface area (Å²) < 4.78 is 5.33. The molecule has 0 saturated heterocycles. The molecule has 190 valence electrons. The van der Waals surface area contributed by atoms with Crippen LogP contribution in [0.5, 0.6) is 0 Å². The molecule has 0 bridgehead atoms. The van der Waals surface area contributed by atoms with Crippen molar-refractivity contribution in [2.75, 3.05) is 6.54 Å². The number of alkyl carbamates (subject to hydrolysis) is 1. The van der Waals surface area contributed by atoms with Crippen LogP contribution in [-0.4, -0.2) is 47.0 Å². The maximum absolute atomic E-state index is 13.6. The van der Waals surface area contributed by atoms with Crippen molar-refractivity contribution in [3.05, 3.63) is 35.4 Å². The Balaban J connectivity index is 2.31. The van der Waals surface area contributed by atoms with E-state index in [1.165, 1.54) is 6.42 Å². The maximum Gasteiger partial charge on any atom is 0.408 e. The van der Waals surface area contributed by atoms with Crippen molar-refractivity contribution in [2.45, 2.75) is 110 Å². The number of ether oxygens (including phenoxy) is 1. The van der Waals surface area contributed by atoms with Gasteiger partial charge in [0, 0.05) is 12.6 Å². The molecule has 34 heavy (non-hydrogen) atoms. The zero-order chi connectivity index (χ0) is 25.3. The molecule has 2 N–H and O–H groups in total. The number of amides is 3. The molecule has 0 aromatic heterocycles. The second-order valence-electron chi connectivity index (χ2n) is 10.4. The van der Waals surface area contributed by atoms with Crippen molar-refractivity contribution >= 4 is 17.9 Å². The molecule has 1 fully saturated rings. The highest BCUT2D eigenvalue weighted by atomic mass is 16.6. The molecule has 1 saturated carbocycles. The minimum atomic E-state index is -0.831. The van der Waals surface area contributed by atoms with Gasteiger partial charge in [-0.25, -0.2) is 4.79 Å². The van der Waals surface area contributed by atoms with E-state index < -0.39 is 23.8 Å². The molecule has 3 amide bonds. The average Bonchev–Trinajstić information content (AvgIpc) is 2.76. The minimum Gasteiger partial charge on any atom is -0.444 e. The van der Waals surface area contributed by atoms with Crippen LogP contribution < -0.4 is 10.6 Å². The average molecular weight is 474 g/mol. The van der Waals surface area contributed by atoms with Gasteiger partial charge in [-0.2, -0.15) is 0 Å². The summed E-state index contributed by atoms with van der Waals surface area (Å²) in [5.74, 6) is -0.464. The second-order valence-corrected chi connectivity index (χ2v) is 10.4. The van der Waals surface area contributed by atoms with Gasteiger partial charge in [0.05, 0.1) is 0 Å². The minimum absolute atomic E-state index is 0.134. The van der Waals surface area contributed by atoms with E-state index in [0.29, 0.717) is 6.54 Å². The summed E-state index contributed by atoms with van der Waals surface area (Å²) in [5, 5.41) is 5.85. The Morgan fingerprint density at radius 2 is 1.71 bits per heavy atom. The van der Waals surface area contributed by atoms with Gasteiger partial charge >= 0.3 is 6.09 Å². The quantitative estimate of drug-likeness (QED) is 0.527. The van der Waals surface area contributed by atoms with Gasteiger partial charge in [0.1, 0.15) is 17.7 Å². The lowest BCUT2D eigenvalue weighted by Gasteiger charge is -2.35. The van der Waals surface area contributed by atoms with Crippen LogP contribution in [0.25, 0.3) is 0 Å². The zero-order valence-electron chi connectivity index (χ0n) is 21.8. The fourth-order valence-electron chi connectivity index (χ4n) is 4.24. The lowest BCUT2D eigenvalue weighted by molar-refractivity contribution is -0.142. The number of carbonyl (C=O) groups is 3. The van der Waals surface area contributed by atoms with Crippen LogP contribution in [0.3, 0.4) is 0 Å². The highest BCUT2D eigenvalue weighted by Crippen LogP contribution is 2.25. The summed E-state index contributed by atoms with van der Waals surface area (Å²) >= 11 is 0. The molecular formula is C27H43N3O4. The van der Waals surface area contributed by atoms with Gasteiger partial charge in [0.2, 0.25) is 11.8 Å². The molecule has 7 heteroatoms. The van der Waals surface area contributed by atoms with Gasteiger partial charge < -0.3 is 20.3 Å². The molecule has 0 aliphatic heterocycles. The highest BCUT2D eigenvalue weighted by Gasteiger charge is 2.35. The molecule has 7 nitrogen and oxygen atoms in total. The fourth-order valence-corrected chi connectivity index (χ4v) is 4.24. The first-order valence-corrected chi connectivity index (χ1v) is 12.7. The van der Waals surface area contributed by atoms with Crippen LogP contribution in [0.15, 0.2) is 24.3 Å². The topological polar surface area (TPSA) is 87.7 Å². The smallest absolute Gasteiger partial charge is 0.408 e. The number of unbranched alkanes of at least 4 members (excludes halogenated alkanes) is 1. The summed E-state index contributed by atoms with van der Waals surface area (Å²) in [6, 6.07) is 6.29. The van der Waals surface area contributed by atoms with Crippen LogP contribution in [0.4, 0.5) is 4.79 Å². The molecule has 1 aromatic rings. The standard InChI is InChI=1S/C27H43N3O4/c1-7-8-18-30(25(32)20(3)28-26(33)34-27(4,5)6)23(21-16-14-19(2)15-17-21)24(31)29-22-12-10-9-11-13-22/h14-17,20,22-23H,7-13,18H2,1-6H3,(H,28,33)(H,29,31). The predicted molar refractivity (Wildman–Crippen MR) is 134 cm³/mol. The van der Waals surface area contributed by atoms with Gasteiger partial charge in [-0.1, -0.05) is 62.4 Å². The fraction of sp³-hybridized carbons (Fsp3) is 0.667. The van der Waals surface area contributed by atoms with Gasteiger partial charge in [-0.15, -0.1) is 0 Å². The van der Waals surface area contributed by atoms with E-state index in [1.807, 2.05) is 38.1 Å². The van der Waals surface area contributed by atoms with Crippen molar-refractivity contribution < 1.29 is 19.1 Å². The van der Waals surface area contributed by atoms with Crippen molar-refractivity contribution in [3.8, 4) is 0 Å². The number of aryl methyl sites for hydroxylation is 1. The molecule has 0 heterocycles. The Morgan fingerprint density at radius 3 is 2.26 bits per heavy atom. The van der Waals surface area contributed by atoms with E-state index in [2.05, 4.69) is 10.6 Å². The van der Waals surface area contributed by atoms with E-state index in [-0.39, 0.29) is 17.9 Å². The molecule has 0 spiro atoms. The van der Waals surface area contributed by atoms with Crippen LogP contribution in [-0.2, 0) is 14.3 Å². The number of nitrogens with one attached hydrogen (secondary N) is 2. The van der Waals surface area contributed by atoms with E-state index in [0.717, 1.165) is 49.7 Å². The van der Waals surface area contributed by atoms with Crippen molar-refractivity contribution in [2.24, 2.45) is 0 Å². The number of carbonyl (C=O) groups excluding carboxylic acids is 3. The number of nitrogens with zero attached hydrogens (tertiary/aromatic N) is 1. The molecule has 1 aromatic carbocycles. The van der Waals surface area contributed by atoms with Crippen LogP contribution in [0.2, 0.25) is 0 Å². The number of rotatable bonds is 9. The lowest BCUT2D eigenvalue weighted by atomic mass is 9.94. The second kappa shape index (κ2) is 12.8. The summed E-state index contributed by atoms with van der Waals surface area (Å²) in [5.41, 5.74) is 1.19. The predicted octanol–water partition coefficient (Wildman–Crippen LogP) is 5.03. The van der Waals surface area contributed by atoms with E-state index in [1.54, 1.807) is 32.6 Å².